The van der Waals surface area contributed by atoms with Crippen LogP contribution in [-0.4, -0.2) is 22.0 Å². The zero-order valence-electron chi connectivity index (χ0n) is 12.4. The molecule has 1 atom stereocenters. The molecule has 0 unspecified atom stereocenters. The van der Waals surface area contributed by atoms with E-state index in [2.05, 4.69) is 10.1 Å². The van der Waals surface area contributed by atoms with Crippen LogP contribution in [0.3, 0.4) is 0 Å². The maximum Gasteiger partial charge on any atom is 0.348 e. The molecule has 0 radical (unpaired) electrons. The van der Waals surface area contributed by atoms with Gasteiger partial charge in [0.2, 0.25) is 0 Å². The van der Waals surface area contributed by atoms with Crippen LogP contribution in [0.15, 0.2) is 58.8 Å². The molecule has 0 bridgehead atoms. The van der Waals surface area contributed by atoms with Gasteiger partial charge in [-0.1, -0.05) is 22.9 Å². The van der Waals surface area contributed by atoms with Gasteiger partial charge in [-0.05, 0) is 38.1 Å². The number of pyridine rings is 1. The first-order valence-electron chi connectivity index (χ1n) is 6.74. The Hall–Kier alpha value is -2.34. The summed E-state index contributed by atoms with van der Waals surface area (Å²) in [5, 5.41) is 3.28. The molecular weight excluding hydrogens is 298 g/mol. The number of rotatable bonds is 5. The Morgan fingerprint density at radius 1 is 1.32 bits per heavy atom. The summed E-state index contributed by atoms with van der Waals surface area (Å²) in [6.45, 7) is 3.78. The molecule has 1 aromatic carbocycles. The maximum absolute atomic E-state index is 11.9. The summed E-state index contributed by atoms with van der Waals surface area (Å²) in [6.07, 6.45) is 3.18. The molecule has 0 aliphatic carbocycles. The summed E-state index contributed by atoms with van der Waals surface area (Å²) >= 11 is 1.41. The van der Waals surface area contributed by atoms with E-state index in [9.17, 15) is 4.79 Å². The van der Waals surface area contributed by atoms with Crippen LogP contribution in [0.25, 0.3) is 0 Å². The van der Waals surface area contributed by atoms with E-state index in [1.807, 2.05) is 31.2 Å². The first kappa shape index (κ1) is 16.0. The topological polar surface area (TPSA) is 77.6 Å². The van der Waals surface area contributed by atoms with Gasteiger partial charge in [0.1, 0.15) is 5.25 Å². The fraction of sp³-hybridized carbons (Fsp3) is 0.188. The summed E-state index contributed by atoms with van der Waals surface area (Å²) in [7, 11) is 0. The standard InChI is InChI=1S/C16H17N3O2S/c1-11-5-7-14(8-6-11)22-12(2)16(20)21-19-15(17)13-4-3-9-18-10-13/h3-10,12H,1-2H3,(H2,17,19)/t12-/m1/s1. The number of carbonyl (C=O) groups is 1. The van der Waals surface area contributed by atoms with Crippen LogP contribution in [0.1, 0.15) is 18.1 Å². The van der Waals surface area contributed by atoms with E-state index in [1.165, 1.54) is 17.3 Å². The third kappa shape index (κ3) is 4.60. The van der Waals surface area contributed by atoms with Crippen LogP contribution in [0.4, 0.5) is 0 Å². The second kappa shape index (κ2) is 7.61. The number of oxime groups is 1. The first-order valence-corrected chi connectivity index (χ1v) is 7.62. The van der Waals surface area contributed by atoms with Crippen LogP contribution in [-0.2, 0) is 9.63 Å². The van der Waals surface area contributed by atoms with E-state index in [-0.39, 0.29) is 11.1 Å². The lowest BCUT2D eigenvalue weighted by Crippen LogP contribution is -2.19. The van der Waals surface area contributed by atoms with Gasteiger partial charge in [-0.2, -0.15) is 0 Å². The van der Waals surface area contributed by atoms with Crippen molar-refractivity contribution in [3.05, 3.63) is 59.9 Å². The van der Waals surface area contributed by atoms with Crippen LogP contribution in [0, 0.1) is 6.92 Å². The van der Waals surface area contributed by atoms with Gasteiger partial charge < -0.3 is 10.6 Å². The van der Waals surface area contributed by atoms with E-state index in [4.69, 9.17) is 10.6 Å². The molecule has 6 heteroatoms. The summed E-state index contributed by atoms with van der Waals surface area (Å²) in [6, 6.07) is 11.4. The number of amidine groups is 1. The molecule has 22 heavy (non-hydrogen) atoms. The monoisotopic (exact) mass is 315 g/mol. The highest BCUT2D eigenvalue weighted by atomic mass is 32.2. The van der Waals surface area contributed by atoms with Crippen LogP contribution in [0.5, 0.6) is 0 Å². The Labute approximate surface area is 133 Å². The quantitative estimate of drug-likeness (QED) is 0.302. The highest BCUT2D eigenvalue weighted by Crippen LogP contribution is 2.24. The maximum atomic E-state index is 11.9. The summed E-state index contributed by atoms with van der Waals surface area (Å²) in [5.41, 5.74) is 7.52. The Kier molecular flexibility index (Phi) is 5.55. The lowest BCUT2D eigenvalue weighted by atomic mass is 10.2. The Morgan fingerprint density at radius 2 is 2.05 bits per heavy atom. The molecule has 114 valence electrons. The van der Waals surface area contributed by atoms with Crippen molar-refractivity contribution in [2.24, 2.45) is 10.9 Å². The molecule has 0 saturated carbocycles. The zero-order valence-corrected chi connectivity index (χ0v) is 13.2. The van der Waals surface area contributed by atoms with E-state index in [0.717, 1.165) is 4.90 Å². The van der Waals surface area contributed by atoms with Gasteiger partial charge in [0.15, 0.2) is 5.84 Å². The van der Waals surface area contributed by atoms with Crippen molar-refractivity contribution in [3.63, 3.8) is 0 Å². The number of thioether (sulfide) groups is 1. The molecule has 2 rings (SSSR count). The molecule has 0 aliphatic heterocycles. The number of hydrogen-bond donors (Lipinski definition) is 1. The number of nitrogens with zero attached hydrogens (tertiary/aromatic N) is 2. The van der Waals surface area contributed by atoms with E-state index in [1.54, 1.807) is 31.5 Å². The summed E-state index contributed by atoms with van der Waals surface area (Å²) in [5.74, 6) is -0.327. The van der Waals surface area contributed by atoms with Crippen molar-refractivity contribution < 1.29 is 9.63 Å². The Bertz CT molecular complexity index is 657. The van der Waals surface area contributed by atoms with Gasteiger partial charge in [-0.3, -0.25) is 4.98 Å². The second-order valence-electron chi connectivity index (χ2n) is 4.70. The van der Waals surface area contributed by atoms with Crippen LogP contribution in [0.2, 0.25) is 0 Å². The molecule has 0 saturated heterocycles. The van der Waals surface area contributed by atoms with Crippen molar-refractivity contribution in [1.29, 1.82) is 0 Å². The molecule has 2 N–H and O–H groups in total. The van der Waals surface area contributed by atoms with Gasteiger partial charge >= 0.3 is 5.97 Å². The first-order chi connectivity index (χ1) is 10.6. The largest absolute Gasteiger partial charge is 0.380 e. The highest BCUT2D eigenvalue weighted by Gasteiger charge is 2.16. The van der Waals surface area contributed by atoms with Crippen molar-refractivity contribution >= 4 is 23.6 Å². The van der Waals surface area contributed by atoms with Gasteiger partial charge in [0.05, 0.1) is 0 Å². The van der Waals surface area contributed by atoms with Gasteiger partial charge in [0.25, 0.3) is 0 Å². The molecule has 0 fully saturated rings. The van der Waals surface area contributed by atoms with Gasteiger partial charge in [-0.15, -0.1) is 11.8 Å². The molecule has 0 aliphatic rings. The third-order valence-corrected chi connectivity index (χ3v) is 3.95. The van der Waals surface area contributed by atoms with Crippen molar-refractivity contribution in [3.8, 4) is 0 Å². The van der Waals surface area contributed by atoms with Crippen LogP contribution >= 0.6 is 11.8 Å². The normalized spacial score (nSPS) is 12.7. The van der Waals surface area contributed by atoms with Gasteiger partial charge in [-0.25, -0.2) is 4.79 Å². The molecule has 5 nitrogen and oxygen atoms in total. The van der Waals surface area contributed by atoms with E-state index >= 15 is 0 Å². The fourth-order valence-electron chi connectivity index (χ4n) is 1.60. The number of hydrogen-bond acceptors (Lipinski definition) is 5. The summed E-state index contributed by atoms with van der Waals surface area (Å²) in [4.78, 5) is 21.7. The molecular formula is C16H17N3O2S. The van der Waals surface area contributed by atoms with Crippen molar-refractivity contribution in [2.45, 2.75) is 24.0 Å². The average molecular weight is 315 g/mol. The molecule has 0 spiro atoms. The Balaban J connectivity index is 1.92. The molecule has 1 aromatic heterocycles. The molecule has 2 aromatic rings. The highest BCUT2D eigenvalue weighted by molar-refractivity contribution is 8.00. The lowest BCUT2D eigenvalue weighted by molar-refractivity contribution is -0.142. The van der Waals surface area contributed by atoms with Crippen molar-refractivity contribution in [1.82, 2.24) is 4.98 Å². The van der Waals surface area contributed by atoms with Crippen molar-refractivity contribution in [2.75, 3.05) is 0 Å². The number of aryl methyl sites for hydroxylation is 1. The minimum Gasteiger partial charge on any atom is -0.380 e. The molecule has 0 amide bonds. The SMILES string of the molecule is Cc1ccc(S[C@H](C)C(=O)O/N=C(/N)c2cccnc2)cc1. The van der Waals surface area contributed by atoms with Crippen LogP contribution < -0.4 is 5.73 Å². The predicted molar refractivity (Wildman–Crippen MR) is 87.6 cm³/mol. The zero-order chi connectivity index (χ0) is 15.9. The number of benzene rings is 1. The summed E-state index contributed by atoms with van der Waals surface area (Å²) < 4.78 is 0. The fourth-order valence-corrected chi connectivity index (χ4v) is 2.45. The minimum atomic E-state index is -0.447. The number of nitrogens with two attached hydrogens (primary N) is 1. The lowest BCUT2D eigenvalue weighted by Gasteiger charge is -2.08. The Morgan fingerprint density at radius 3 is 2.68 bits per heavy atom. The minimum absolute atomic E-state index is 0.119. The third-order valence-electron chi connectivity index (χ3n) is 2.86. The van der Waals surface area contributed by atoms with E-state index in [0.29, 0.717) is 5.56 Å². The average Bonchev–Trinajstić information content (AvgIpc) is 2.55. The number of aromatic nitrogens is 1. The molecule has 1 heterocycles. The number of carbonyl (C=O) groups excluding carboxylic acids is 1. The predicted octanol–water partition coefficient (Wildman–Crippen LogP) is 2.73. The van der Waals surface area contributed by atoms with E-state index < -0.39 is 5.97 Å². The van der Waals surface area contributed by atoms with Gasteiger partial charge in [0, 0.05) is 22.9 Å². The smallest absolute Gasteiger partial charge is 0.348 e. The second-order valence-corrected chi connectivity index (χ2v) is 6.12.